The number of fused-ring (bicyclic) bond motifs is 1. The Kier molecular flexibility index (Phi) is 7.09. The lowest BCUT2D eigenvalue weighted by Crippen LogP contribution is -2.51. The van der Waals surface area contributed by atoms with Gasteiger partial charge in [0.1, 0.15) is 12.4 Å². The second-order valence-electron chi connectivity index (χ2n) is 6.48. The molecule has 0 saturated carbocycles. The van der Waals surface area contributed by atoms with Crippen LogP contribution in [0.2, 0.25) is 0 Å². The van der Waals surface area contributed by atoms with Crippen LogP contribution in [0.25, 0.3) is 0 Å². The van der Waals surface area contributed by atoms with Crippen molar-refractivity contribution in [2.75, 3.05) is 19.8 Å². The molecule has 0 fully saturated rings. The van der Waals surface area contributed by atoms with Gasteiger partial charge in [-0.1, -0.05) is 24.3 Å². The molecular formula is C21H22N2O7. The molecule has 1 heterocycles. The molecular weight excluding hydrogens is 392 g/mol. The van der Waals surface area contributed by atoms with E-state index in [0.29, 0.717) is 17.2 Å². The summed E-state index contributed by atoms with van der Waals surface area (Å²) >= 11 is 0. The molecule has 0 unspecified atom stereocenters. The lowest BCUT2D eigenvalue weighted by Gasteiger charge is -2.25. The first-order valence-electron chi connectivity index (χ1n) is 9.33. The number of amides is 2. The molecule has 30 heavy (non-hydrogen) atoms. The first kappa shape index (κ1) is 21.0. The number of ether oxygens (including phenoxy) is 4. The van der Waals surface area contributed by atoms with E-state index < -0.39 is 30.5 Å². The SMILES string of the molecule is Cc1cccc(OCCC(=O)OCC(=O)NNC(=O)[C@H]2COc3ccccc3O2)c1. The molecule has 2 aromatic rings. The summed E-state index contributed by atoms with van der Waals surface area (Å²) < 4.78 is 21.3. The van der Waals surface area contributed by atoms with E-state index in [1.165, 1.54) is 0 Å². The Morgan fingerprint density at radius 2 is 1.87 bits per heavy atom. The fraction of sp³-hybridized carbons (Fsp3) is 0.286. The van der Waals surface area contributed by atoms with Crippen molar-refractivity contribution in [2.45, 2.75) is 19.4 Å². The molecule has 3 rings (SSSR count). The van der Waals surface area contributed by atoms with E-state index in [1.54, 1.807) is 30.3 Å². The van der Waals surface area contributed by atoms with Crippen molar-refractivity contribution < 1.29 is 33.3 Å². The highest BCUT2D eigenvalue weighted by atomic mass is 16.6. The summed E-state index contributed by atoms with van der Waals surface area (Å²) in [5.74, 6) is -0.227. The molecule has 0 aliphatic carbocycles. The van der Waals surface area contributed by atoms with Gasteiger partial charge in [-0.25, -0.2) is 0 Å². The van der Waals surface area contributed by atoms with Gasteiger partial charge in [0, 0.05) is 0 Å². The highest BCUT2D eigenvalue weighted by Crippen LogP contribution is 2.30. The van der Waals surface area contributed by atoms with Gasteiger partial charge in [0.05, 0.1) is 13.0 Å². The van der Waals surface area contributed by atoms with Crippen molar-refractivity contribution >= 4 is 17.8 Å². The Hall–Kier alpha value is -3.75. The van der Waals surface area contributed by atoms with Crippen molar-refractivity contribution in [3.8, 4) is 17.2 Å². The molecule has 2 aromatic carbocycles. The molecule has 9 heteroatoms. The Bertz CT molecular complexity index is 916. The lowest BCUT2D eigenvalue weighted by molar-refractivity contribution is -0.149. The highest BCUT2D eigenvalue weighted by molar-refractivity contribution is 5.86. The average Bonchev–Trinajstić information content (AvgIpc) is 2.75. The van der Waals surface area contributed by atoms with Crippen LogP contribution in [0.5, 0.6) is 17.2 Å². The summed E-state index contributed by atoms with van der Waals surface area (Å²) in [5, 5.41) is 0. The number of rotatable bonds is 7. The van der Waals surface area contributed by atoms with Crippen LogP contribution < -0.4 is 25.1 Å². The molecule has 0 spiro atoms. The number of benzene rings is 2. The topological polar surface area (TPSA) is 112 Å². The van der Waals surface area contributed by atoms with Crippen molar-refractivity contribution in [1.82, 2.24) is 10.9 Å². The van der Waals surface area contributed by atoms with Crippen molar-refractivity contribution in [1.29, 1.82) is 0 Å². The molecule has 0 radical (unpaired) electrons. The average molecular weight is 414 g/mol. The number of esters is 1. The van der Waals surface area contributed by atoms with E-state index >= 15 is 0 Å². The number of carbonyl (C=O) groups excluding carboxylic acids is 3. The standard InChI is InChI=1S/C21H22N2O7/c1-14-5-4-6-15(11-14)27-10-9-20(25)29-13-19(24)22-23-21(26)18-12-28-16-7-2-3-8-17(16)30-18/h2-8,11,18H,9-10,12-13H2,1H3,(H,22,24)(H,23,26)/t18-/m1/s1. The second-order valence-corrected chi connectivity index (χ2v) is 6.48. The van der Waals surface area contributed by atoms with Crippen molar-refractivity contribution in [3.63, 3.8) is 0 Å². The maximum atomic E-state index is 12.1. The van der Waals surface area contributed by atoms with Crippen LogP contribution in [0.1, 0.15) is 12.0 Å². The smallest absolute Gasteiger partial charge is 0.309 e. The van der Waals surface area contributed by atoms with Crippen LogP contribution in [0.4, 0.5) is 0 Å². The molecule has 2 N–H and O–H groups in total. The monoisotopic (exact) mass is 414 g/mol. The van der Waals surface area contributed by atoms with Crippen LogP contribution >= 0.6 is 0 Å². The Labute approximate surface area is 173 Å². The maximum Gasteiger partial charge on any atom is 0.309 e. The summed E-state index contributed by atoms with van der Waals surface area (Å²) in [6, 6.07) is 14.4. The van der Waals surface area contributed by atoms with Gasteiger partial charge in [0.15, 0.2) is 18.1 Å². The molecule has 0 bridgehead atoms. The lowest BCUT2D eigenvalue weighted by atomic mass is 10.2. The van der Waals surface area contributed by atoms with E-state index in [1.807, 2.05) is 25.1 Å². The van der Waals surface area contributed by atoms with Crippen molar-refractivity contribution in [2.24, 2.45) is 0 Å². The number of nitrogens with one attached hydrogen (secondary N) is 2. The van der Waals surface area contributed by atoms with Gasteiger partial charge in [0.2, 0.25) is 6.10 Å². The largest absolute Gasteiger partial charge is 0.493 e. The zero-order valence-electron chi connectivity index (χ0n) is 16.4. The maximum absolute atomic E-state index is 12.1. The quantitative estimate of drug-likeness (QED) is 0.519. The van der Waals surface area contributed by atoms with Gasteiger partial charge in [-0.05, 0) is 36.8 Å². The van der Waals surface area contributed by atoms with E-state index in [4.69, 9.17) is 18.9 Å². The highest BCUT2D eigenvalue weighted by Gasteiger charge is 2.27. The van der Waals surface area contributed by atoms with E-state index in [2.05, 4.69) is 10.9 Å². The van der Waals surface area contributed by atoms with Crippen LogP contribution in [0.3, 0.4) is 0 Å². The van der Waals surface area contributed by atoms with Crippen LogP contribution in [-0.4, -0.2) is 43.7 Å². The molecule has 1 aliphatic heterocycles. The second kappa shape index (κ2) is 10.1. The number of carbonyl (C=O) groups is 3. The molecule has 158 valence electrons. The van der Waals surface area contributed by atoms with Crippen LogP contribution in [0.15, 0.2) is 48.5 Å². The minimum absolute atomic E-state index is 0.00857. The minimum atomic E-state index is -0.915. The number of hydrogen-bond acceptors (Lipinski definition) is 7. The number of hydrazine groups is 1. The van der Waals surface area contributed by atoms with Gasteiger partial charge < -0.3 is 18.9 Å². The molecule has 0 aromatic heterocycles. The zero-order chi connectivity index (χ0) is 21.3. The van der Waals surface area contributed by atoms with Gasteiger partial charge >= 0.3 is 5.97 Å². The molecule has 0 saturated heterocycles. The van der Waals surface area contributed by atoms with E-state index in [0.717, 1.165) is 5.56 Å². The summed E-state index contributed by atoms with van der Waals surface area (Å²) in [6.45, 7) is 1.54. The van der Waals surface area contributed by atoms with Crippen LogP contribution in [0, 0.1) is 6.92 Å². The normalized spacial score (nSPS) is 14.4. The Morgan fingerprint density at radius 3 is 2.67 bits per heavy atom. The van der Waals surface area contributed by atoms with Gasteiger partial charge in [-0.2, -0.15) is 0 Å². The fourth-order valence-corrected chi connectivity index (χ4v) is 2.57. The summed E-state index contributed by atoms with van der Waals surface area (Å²) in [7, 11) is 0. The van der Waals surface area contributed by atoms with Crippen LogP contribution in [-0.2, 0) is 19.1 Å². The van der Waals surface area contributed by atoms with Gasteiger partial charge in [-0.3, -0.25) is 25.2 Å². The fourth-order valence-electron chi connectivity index (χ4n) is 2.57. The molecule has 1 aliphatic rings. The summed E-state index contributed by atoms with van der Waals surface area (Å²) in [4.78, 5) is 35.6. The molecule has 1 atom stereocenters. The van der Waals surface area contributed by atoms with E-state index in [-0.39, 0.29) is 19.6 Å². The Morgan fingerprint density at radius 1 is 1.07 bits per heavy atom. The third-order valence-corrected chi connectivity index (χ3v) is 4.05. The number of para-hydroxylation sites is 2. The summed E-state index contributed by atoms with van der Waals surface area (Å²) in [5.41, 5.74) is 5.43. The predicted octanol–water partition coefficient (Wildman–Crippen LogP) is 1.29. The van der Waals surface area contributed by atoms with Crippen molar-refractivity contribution in [3.05, 3.63) is 54.1 Å². The summed E-state index contributed by atoms with van der Waals surface area (Å²) in [6.07, 6.45) is -0.929. The number of hydrogen-bond donors (Lipinski definition) is 2. The molecule has 2 amide bonds. The first-order valence-corrected chi connectivity index (χ1v) is 9.33. The third kappa shape index (κ3) is 6.13. The van der Waals surface area contributed by atoms with Gasteiger partial charge in [0.25, 0.3) is 11.8 Å². The zero-order valence-corrected chi connectivity index (χ0v) is 16.4. The Balaban J connectivity index is 1.31. The van der Waals surface area contributed by atoms with E-state index in [9.17, 15) is 14.4 Å². The van der Waals surface area contributed by atoms with Gasteiger partial charge in [-0.15, -0.1) is 0 Å². The minimum Gasteiger partial charge on any atom is -0.493 e. The first-order chi connectivity index (χ1) is 14.5. The third-order valence-electron chi connectivity index (χ3n) is 4.05. The molecule has 9 nitrogen and oxygen atoms in total. The predicted molar refractivity (Wildman–Crippen MR) is 105 cm³/mol. The number of aryl methyl sites for hydroxylation is 1.